The van der Waals surface area contributed by atoms with E-state index in [0.29, 0.717) is 39.6 Å². The van der Waals surface area contributed by atoms with E-state index in [9.17, 15) is 4.79 Å². The van der Waals surface area contributed by atoms with E-state index in [1.807, 2.05) is 6.92 Å². The van der Waals surface area contributed by atoms with Crippen LogP contribution < -0.4 is 0 Å². The van der Waals surface area contributed by atoms with Crippen LogP contribution in [-0.4, -0.2) is 75.8 Å². The normalized spacial score (nSPS) is 23.9. The monoisotopic (exact) mass is 275 g/mol. The van der Waals surface area contributed by atoms with Gasteiger partial charge in [0.15, 0.2) is 0 Å². The molecular formula is C13H25NO5. The van der Waals surface area contributed by atoms with Crippen LogP contribution in [0, 0.1) is 11.8 Å². The molecule has 1 N–H and O–H groups in total. The molecular weight excluding hydrogens is 250 g/mol. The average molecular weight is 275 g/mol. The van der Waals surface area contributed by atoms with E-state index in [2.05, 4.69) is 4.90 Å². The number of ether oxygens (including phenoxy) is 3. The van der Waals surface area contributed by atoms with Crippen molar-refractivity contribution < 1.29 is 24.1 Å². The third kappa shape index (κ3) is 6.33. The summed E-state index contributed by atoms with van der Waals surface area (Å²) in [6.07, 6.45) is 0. The van der Waals surface area contributed by atoms with E-state index in [1.165, 1.54) is 0 Å². The highest BCUT2D eigenvalue weighted by Gasteiger charge is 2.34. The number of carboxylic acid groups (broad SMARTS) is 1. The molecule has 0 aromatic carbocycles. The van der Waals surface area contributed by atoms with Gasteiger partial charge in [-0.15, -0.1) is 0 Å². The Morgan fingerprint density at radius 3 is 2.37 bits per heavy atom. The fourth-order valence-corrected chi connectivity index (χ4v) is 2.23. The molecule has 0 aliphatic carbocycles. The molecule has 2 atom stereocenters. The summed E-state index contributed by atoms with van der Waals surface area (Å²) in [5, 5.41) is 9.03. The van der Waals surface area contributed by atoms with Crippen LogP contribution in [0.15, 0.2) is 0 Å². The fourth-order valence-electron chi connectivity index (χ4n) is 2.23. The summed E-state index contributed by atoms with van der Waals surface area (Å²) < 4.78 is 15.6. The highest BCUT2D eigenvalue weighted by atomic mass is 16.5. The van der Waals surface area contributed by atoms with Crippen LogP contribution in [0.5, 0.6) is 0 Å². The van der Waals surface area contributed by atoms with Crippen molar-refractivity contribution in [3.8, 4) is 0 Å². The summed E-state index contributed by atoms with van der Waals surface area (Å²) in [7, 11) is 1.64. The first-order valence-electron chi connectivity index (χ1n) is 6.74. The van der Waals surface area contributed by atoms with Crippen LogP contribution in [0.25, 0.3) is 0 Å². The molecule has 1 aliphatic heterocycles. The highest BCUT2D eigenvalue weighted by Crippen LogP contribution is 2.22. The van der Waals surface area contributed by atoms with E-state index in [-0.39, 0.29) is 11.8 Å². The number of carboxylic acids is 1. The summed E-state index contributed by atoms with van der Waals surface area (Å²) in [6, 6.07) is 0. The summed E-state index contributed by atoms with van der Waals surface area (Å²) in [6.45, 7) is 7.18. The van der Waals surface area contributed by atoms with E-state index in [4.69, 9.17) is 19.3 Å². The molecule has 6 heteroatoms. The Morgan fingerprint density at radius 2 is 1.79 bits per heavy atom. The summed E-state index contributed by atoms with van der Waals surface area (Å²) in [4.78, 5) is 13.1. The average Bonchev–Trinajstić information content (AvgIpc) is 2.74. The van der Waals surface area contributed by atoms with Gasteiger partial charge < -0.3 is 19.3 Å². The zero-order chi connectivity index (χ0) is 14.1. The first-order valence-corrected chi connectivity index (χ1v) is 6.74. The Labute approximate surface area is 114 Å². The van der Waals surface area contributed by atoms with Crippen LogP contribution >= 0.6 is 0 Å². The molecule has 0 aromatic heterocycles. The number of aliphatic carboxylic acids is 1. The lowest BCUT2D eigenvalue weighted by Crippen LogP contribution is -2.27. The number of likely N-dealkylation sites (tertiary alicyclic amines) is 1. The van der Waals surface area contributed by atoms with Gasteiger partial charge in [0.25, 0.3) is 0 Å². The molecule has 0 radical (unpaired) electrons. The standard InChI is InChI=1S/C13H25NO5/c1-11-9-14(10-12(11)13(15)16)3-4-18-7-8-19-6-5-17-2/h11-12H,3-10H2,1-2H3,(H,15,16)/t11-,12-/m1/s1. The molecule has 1 rings (SSSR count). The highest BCUT2D eigenvalue weighted by molar-refractivity contribution is 5.71. The molecule has 1 fully saturated rings. The molecule has 1 aliphatic rings. The second-order valence-electron chi connectivity index (χ2n) is 4.90. The molecule has 19 heavy (non-hydrogen) atoms. The first-order chi connectivity index (χ1) is 9.15. The SMILES string of the molecule is COCCOCCOCCN1C[C@@H](C)[C@H](C(=O)O)C1. The predicted molar refractivity (Wildman–Crippen MR) is 70.2 cm³/mol. The third-order valence-electron chi connectivity index (χ3n) is 3.36. The lowest BCUT2D eigenvalue weighted by atomic mass is 9.99. The summed E-state index contributed by atoms with van der Waals surface area (Å²) in [5.74, 6) is -0.713. The van der Waals surface area contributed by atoms with Crippen LogP contribution in [0.4, 0.5) is 0 Å². The molecule has 1 saturated heterocycles. The molecule has 0 aromatic rings. The number of hydrogen-bond donors (Lipinski definition) is 1. The predicted octanol–water partition coefficient (Wildman–Crippen LogP) is 0.319. The Kier molecular flexibility index (Phi) is 7.97. The van der Waals surface area contributed by atoms with Gasteiger partial charge in [0, 0.05) is 26.7 Å². The van der Waals surface area contributed by atoms with E-state index >= 15 is 0 Å². The minimum Gasteiger partial charge on any atom is -0.481 e. The Morgan fingerprint density at radius 1 is 1.16 bits per heavy atom. The van der Waals surface area contributed by atoms with Gasteiger partial charge in [0.05, 0.1) is 39.0 Å². The quantitative estimate of drug-likeness (QED) is 0.579. The smallest absolute Gasteiger partial charge is 0.308 e. The fraction of sp³-hybridized carbons (Fsp3) is 0.923. The number of rotatable bonds is 10. The van der Waals surface area contributed by atoms with Crippen molar-refractivity contribution >= 4 is 5.97 Å². The van der Waals surface area contributed by atoms with Gasteiger partial charge in [-0.05, 0) is 5.92 Å². The lowest BCUT2D eigenvalue weighted by Gasteiger charge is -2.15. The topological polar surface area (TPSA) is 68.2 Å². The Hall–Kier alpha value is -0.690. The zero-order valence-corrected chi connectivity index (χ0v) is 11.8. The Balaban J connectivity index is 1.97. The maximum absolute atomic E-state index is 11.0. The van der Waals surface area contributed by atoms with Gasteiger partial charge in [0.1, 0.15) is 0 Å². The van der Waals surface area contributed by atoms with Crippen LogP contribution in [-0.2, 0) is 19.0 Å². The first kappa shape index (κ1) is 16.4. The van der Waals surface area contributed by atoms with Crippen LogP contribution in [0.1, 0.15) is 6.92 Å². The largest absolute Gasteiger partial charge is 0.481 e. The van der Waals surface area contributed by atoms with Gasteiger partial charge in [-0.25, -0.2) is 0 Å². The molecule has 0 saturated carbocycles. The maximum atomic E-state index is 11.0. The molecule has 6 nitrogen and oxygen atoms in total. The van der Waals surface area contributed by atoms with Crippen molar-refractivity contribution in [1.29, 1.82) is 0 Å². The minimum atomic E-state index is -0.692. The van der Waals surface area contributed by atoms with Gasteiger partial charge >= 0.3 is 5.97 Å². The molecule has 112 valence electrons. The molecule has 0 unspecified atom stereocenters. The van der Waals surface area contributed by atoms with Gasteiger partial charge in [-0.1, -0.05) is 6.92 Å². The number of methoxy groups -OCH3 is 1. The van der Waals surface area contributed by atoms with Crippen molar-refractivity contribution in [2.45, 2.75) is 6.92 Å². The number of nitrogens with zero attached hydrogens (tertiary/aromatic N) is 1. The van der Waals surface area contributed by atoms with Crippen molar-refractivity contribution in [1.82, 2.24) is 4.90 Å². The van der Waals surface area contributed by atoms with Gasteiger partial charge in [-0.2, -0.15) is 0 Å². The lowest BCUT2D eigenvalue weighted by molar-refractivity contribution is -0.142. The van der Waals surface area contributed by atoms with E-state index < -0.39 is 5.97 Å². The molecule has 0 spiro atoms. The summed E-state index contributed by atoms with van der Waals surface area (Å²) in [5.41, 5.74) is 0. The second kappa shape index (κ2) is 9.25. The molecule has 0 amide bonds. The second-order valence-corrected chi connectivity index (χ2v) is 4.90. The van der Waals surface area contributed by atoms with Crippen LogP contribution in [0.3, 0.4) is 0 Å². The maximum Gasteiger partial charge on any atom is 0.308 e. The Bertz CT molecular complexity index is 261. The van der Waals surface area contributed by atoms with Crippen molar-refractivity contribution in [3.05, 3.63) is 0 Å². The zero-order valence-electron chi connectivity index (χ0n) is 11.8. The van der Waals surface area contributed by atoms with E-state index in [1.54, 1.807) is 7.11 Å². The van der Waals surface area contributed by atoms with Gasteiger partial charge in [-0.3, -0.25) is 9.69 Å². The molecule has 0 bridgehead atoms. The van der Waals surface area contributed by atoms with E-state index in [0.717, 1.165) is 13.1 Å². The summed E-state index contributed by atoms with van der Waals surface area (Å²) >= 11 is 0. The van der Waals surface area contributed by atoms with Crippen LogP contribution in [0.2, 0.25) is 0 Å². The number of hydrogen-bond acceptors (Lipinski definition) is 5. The van der Waals surface area contributed by atoms with Crippen molar-refractivity contribution in [3.63, 3.8) is 0 Å². The van der Waals surface area contributed by atoms with Crippen molar-refractivity contribution in [2.75, 3.05) is 59.8 Å². The third-order valence-corrected chi connectivity index (χ3v) is 3.36. The minimum absolute atomic E-state index is 0.217. The molecule has 1 heterocycles. The number of carbonyl (C=O) groups is 1. The van der Waals surface area contributed by atoms with Crippen molar-refractivity contribution in [2.24, 2.45) is 11.8 Å². The van der Waals surface area contributed by atoms with Gasteiger partial charge in [0.2, 0.25) is 0 Å².